The SMILES string of the molecule is O=C1Nc2ccccc2C[C@@H]1CCC(=O)N1CC=C(c2ccccc2)CC1. The van der Waals surface area contributed by atoms with E-state index >= 15 is 0 Å². The minimum atomic E-state index is -0.121. The van der Waals surface area contributed by atoms with Gasteiger partial charge in [0.2, 0.25) is 11.8 Å². The summed E-state index contributed by atoms with van der Waals surface area (Å²) in [6.07, 6.45) is 4.78. The highest BCUT2D eigenvalue weighted by molar-refractivity contribution is 5.96. The van der Waals surface area contributed by atoms with E-state index < -0.39 is 0 Å². The molecule has 0 aromatic heterocycles. The molecule has 2 heterocycles. The third-order valence-electron chi connectivity index (χ3n) is 5.53. The quantitative estimate of drug-likeness (QED) is 0.899. The van der Waals surface area contributed by atoms with Crippen molar-refractivity contribution in [3.63, 3.8) is 0 Å². The second-order valence-corrected chi connectivity index (χ2v) is 7.27. The van der Waals surface area contributed by atoms with Crippen LogP contribution in [0.4, 0.5) is 5.69 Å². The Balaban J connectivity index is 1.32. The van der Waals surface area contributed by atoms with Crippen LogP contribution in [0.2, 0.25) is 0 Å². The van der Waals surface area contributed by atoms with Crippen molar-refractivity contribution < 1.29 is 9.59 Å². The lowest BCUT2D eigenvalue weighted by atomic mass is 9.89. The van der Waals surface area contributed by atoms with Gasteiger partial charge in [0.05, 0.1) is 0 Å². The van der Waals surface area contributed by atoms with Gasteiger partial charge in [0, 0.05) is 31.1 Å². The van der Waals surface area contributed by atoms with Crippen molar-refractivity contribution >= 4 is 23.1 Å². The third kappa shape index (κ3) is 3.95. The van der Waals surface area contributed by atoms with Crippen molar-refractivity contribution in [1.82, 2.24) is 4.90 Å². The zero-order valence-corrected chi connectivity index (χ0v) is 15.4. The van der Waals surface area contributed by atoms with Crippen molar-refractivity contribution in [2.24, 2.45) is 5.92 Å². The van der Waals surface area contributed by atoms with Crippen molar-refractivity contribution in [1.29, 1.82) is 0 Å². The monoisotopic (exact) mass is 360 g/mol. The topological polar surface area (TPSA) is 49.4 Å². The van der Waals surface area contributed by atoms with E-state index in [1.54, 1.807) is 0 Å². The molecule has 4 heteroatoms. The highest BCUT2D eigenvalue weighted by atomic mass is 16.2. The van der Waals surface area contributed by atoms with Crippen molar-refractivity contribution in [3.8, 4) is 0 Å². The zero-order valence-electron chi connectivity index (χ0n) is 15.4. The van der Waals surface area contributed by atoms with Gasteiger partial charge in [-0.25, -0.2) is 0 Å². The summed E-state index contributed by atoms with van der Waals surface area (Å²) in [5, 5.41) is 2.96. The van der Waals surface area contributed by atoms with Crippen LogP contribution in [0.5, 0.6) is 0 Å². The first-order valence-electron chi connectivity index (χ1n) is 9.62. The van der Waals surface area contributed by atoms with E-state index in [4.69, 9.17) is 0 Å². The van der Waals surface area contributed by atoms with E-state index in [2.05, 4.69) is 23.5 Å². The molecule has 4 nitrogen and oxygen atoms in total. The minimum absolute atomic E-state index is 0.0337. The van der Waals surface area contributed by atoms with Crippen LogP contribution in [0.15, 0.2) is 60.7 Å². The summed E-state index contributed by atoms with van der Waals surface area (Å²) in [4.78, 5) is 26.8. The molecule has 2 aliphatic heterocycles. The van der Waals surface area contributed by atoms with Crippen molar-refractivity contribution in [3.05, 3.63) is 71.8 Å². The molecule has 1 atom stereocenters. The van der Waals surface area contributed by atoms with Crippen LogP contribution >= 0.6 is 0 Å². The maximum atomic E-state index is 12.6. The van der Waals surface area contributed by atoms with Gasteiger partial charge in [0.1, 0.15) is 0 Å². The van der Waals surface area contributed by atoms with Gasteiger partial charge in [-0.15, -0.1) is 0 Å². The zero-order chi connectivity index (χ0) is 18.6. The van der Waals surface area contributed by atoms with Crippen LogP contribution in [-0.2, 0) is 16.0 Å². The van der Waals surface area contributed by atoms with E-state index in [1.165, 1.54) is 11.1 Å². The van der Waals surface area contributed by atoms with Crippen LogP contribution in [-0.4, -0.2) is 29.8 Å². The number of nitrogens with zero attached hydrogens (tertiary/aromatic N) is 1. The van der Waals surface area contributed by atoms with Crippen LogP contribution < -0.4 is 5.32 Å². The molecule has 2 aromatic carbocycles. The first-order chi connectivity index (χ1) is 13.2. The van der Waals surface area contributed by atoms with E-state index in [-0.39, 0.29) is 17.7 Å². The lowest BCUT2D eigenvalue weighted by molar-refractivity contribution is -0.131. The van der Waals surface area contributed by atoms with E-state index in [1.807, 2.05) is 47.4 Å². The van der Waals surface area contributed by atoms with Gasteiger partial charge in [-0.2, -0.15) is 0 Å². The summed E-state index contributed by atoms with van der Waals surface area (Å²) in [5.74, 6) is 0.0560. The highest BCUT2D eigenvalue weighted by Crippen LogP contribution is 2.28. The summed E-state index contributed by atoms with van der Waals surface area (Å²) in [7, 11) is 0. The predicted octanol–water partition coefficient (Wildman–Crippen LogP) is 3.89. The number of benzene rings is 2. The predicted molar refractivity (Wildman–Crippen MR) is 107 cm³/mol. The lowest BCUT2D eigenvalue weighted by Crippen LogP contribution is -2.36. The molecule has 0 fully saturated rings. The molecular weight excluding hydrogens is 336 g/mol. The Morgan fingerprint density at radius 3 is 2.63 bits per heavy atom. The number of amides is 2. The Kier molecular flexibility index (Phi) is 5.05. The van der Waals surface area contributed by atoms with Crippen molar-refractivity contribution in [2.75, 3.05) is 18.4 Å². The molecule has 1 N–H and O–H groups in total. The van der Waals surface area contributed by atoms with Crippen molar-refractivity contribution in [2.45, 2.75) is 25.7 Å². The van der Waals surface area contributed by atoms with E-state index in [0.717, 1.165) is 24.2 Å². The maximum Gasteiger partial charge on any atom is 0.227 e. The van der Waals surface area contributed by atoms with Gasteiger partial charge in [-0.3, -0.25) is 9.59 Å². The summed E-state index contributed by atoms with van der Waals surface area (Å²) >= 11 is 0. The largest absolute Gasteiger partial charge is 0.339 e. The Hall–Kier alpha value is -2.88. The van der Waals surface area contributed by atoms with Crippen LogP contribution in [0.1, 0.15) is 30.4 Å². The normalized spacial score (nSPS) is 19.1. The summed E-state index contributed by atoms with van der Waals surface area (Å²) in [5.41, 5.74) is 4.60. The van der Waals surface area contributed by atoms with E-state index in [9.17, 15) is 9.59 Å². The molecular formula is C23H24N2O2. The summed E-state index contributed by atoms with van der Waals surface area (Å²) < 4.78 is 0. The molecule has 27 heavy (non-hydrogen) atoms. The fraction of sp³-hybridized carbons (Fsp3) is 0.304. The van der Waals surface area contributed by atoms with Crippen LogP contribution in [0, 0.1) is 5.92 Å². The number of hydrogen-bond donors (Lipinski definition) is 1. The number of anilines is 1. The van der Waals surface area contributed by atoms with Gasteiger partial charge in [-0.05, 0) is 42.0 Å². The Bertz CT molecular complexity index is 873. The average Bonchev–Trinajstić information content (AvgIpc) is 2.73. The third-order valence-corrected chi connectivity index (χ3v) is 5.53. The van der Waals surface area contributed by atoms with Gasteiger partial charge >= 0.3 is 0 Å². The maximum absolute atomic E-state index is 12.6. The molecule has 2 aromatic rings. The van der Waals surface area contributed by atoms with Gasteiger partial charge in [-0.1, -0.05) is 54.6 Å². The number of hydrogen-bond acceptors (Lipinski definition) is 2. The number of rotatable bonds is 4. The Morgan fingerprint density at radius 2 is 1.85 bits per heavy atom. The average molecular weight is 360 g/mol. The van der Waals surface area contributed by atoms with Gasteiger partial charge in [0.15, 0.2) is 0 Å². The summed E-state index contributed by atoms with van der Waals surface area (Å²) in [6, 6.07) is 18.2. The Labute approximate surface area is 159 Å². The van der Waals surface area contributed by atoms with Gasteiger partial charge < -0.3 is 10.2 Å². The molecule has 0 saturated carbocycles. The van der Waals surface area contributed by atoms with E-state index in [0.29, 0.717) is 25.8 Å². The molecule has 0 aliphatic carbocycles. The highest BCUT2D eigenvalue weighted by Gasteiger charge is 2.27. The summed E-state index contributed by atoms with van der Waals surface area (Å²) in [6.45, 7) is 1.40. The first-order valence-corrected chi connectivity index (χ1v) is 9.62. The van der Waals surface area contributed by atoms with Crippen LogP contribution in [0.3, 0.4) is 0 Å². The fourth-order valence-electron chi connectivity index (χ4n) is 3.91. The second kappa shape index (κ2) is 7.78. The number of para-hydroxylation sites is 1. The molecule has 0 radical (unpaired) electrons. The molecule has 0 spiro atoms. The molecule has 0 unspecified atom stereocenters. The number of nitrogens with one attached hydrogen (secondary N) is 1. The van der Waals surface area contributed by atoms with Crippen LogP contribution in [0.25, 0.3) is 5.57 Å². The second-order valence-electron chi connectivity index (χ2n) is 7.27. The molecule has 2 aliphatic rings. The number of fused-ring (bicyclic) bond motifs is 1. The van der Waals surface area contributed by atoms with Gasteiger partial charge in [0.25, 0.3) is 0 Å². The standard InChI is InChI=1S/C23H24N2O2/c26-22(25-14-12-18(13-15-25)17-6-2-1-3-7-17)11-10-20-16-19-8-4-5-9-21(19)24-23(20)27/h1-9,12,20H,10-11,13-16H2,(H,24,27)/t20-/m0/s1. The molecule has 138 valence electrons. The molecule has 0 saturated heterocycles. The molecule has 0 bridgehead atoms. The molecule has 2 amide bonds. The number of carbonyl (C=O) groups excluding carboxylic acids is 2. The smallest absolute Gasteiger partial charge is 0.227 e. The Morgan fingerprint density at radius 1 is 1.07 bits per heavy atom. The lowest BCUT2D eigenvalue weighted by Gasteiger charge is -2.28. The minimum Gasteiger partial charge on any atom is -0.339 e. The molecule has 4 rings (SSSR count). The number of carbonyl (C=O) groups is 2. The fourth-order valence-corrected chi connectivity index (χ4v) is 3.91. The first kappa shape index (κ1) is 17.5.